The lowest BCUT2D eigenvalue weighted by Crippen LogP contribution is -3.00. The Hall–Kier alpha value is -0.940. The molecule has 0 aliphatic heterocycles. The van der Waals surface area contributed by atoms with Gasteiger partial charge in [0.15, 0.2) is 0 Å². The Labute approximate surface area is 93.7 Å². The van der Waals surface area contributed by atoms with Crippen molar-refractivity contribution in [3.8, 4) is 0 Å². The molecule has 0 radical (unpaired) electrons. The molecule has 0 saturated heterocycles. The third-order valence-corrected chi connectivity index (χ3v) is 1.82. The Bertz CT molecular complexity index is 334. The van der Waals surface area contributed by atoms with Crippen molar-refractivity contribution in [2.75, 3.05) is 21.1 Å². The van der Waals surface area contributed by atoms with Gasteiger partial charge in [0, 0.05) is 6.07 Å². The van der Waals surface area contributed by atoms with Gasteiger partial charge >= 0.3 is 0 Å². The molecule has 0 aliphatic rings. The van der Waals surface area contributed by atoms with Crippen LogP contribution in [0.4, 0.5) is 11.4 Å². The van der Waals surface area contributed by atoms with Crippen LogP contribution in [-0.4, -0.2) is 26.1 Å². The summed E-state index contributed by atoms with van der Waals surface area (Å²) in [5, 5.41) is 10.5. The van der Waals surface area contributed by atoms with Crippen LogP contribution in [-0.2, 0) is 0 Å². The van der Waals surface area contributed by atoms with Crippen molar-refractivity contribution in [1.82, 2.24) is 4.48 Å². The lowest BCUT2D eigenvalue weighted by atomic mass is 10.2. The molecule has 0 N–H and O–H groups in total. The number of nitrogens with zero attached hydrogens (tertiary/aromatic N) is 2. The van der Waals surface area contributed by atoms with E-state index in [2.05, 4.69) is 0 Å². The van der Waals surface area contributed by atoms with Crippen LogP contribution >= 0.6 is 0 Å². The zero-order valence-corrected chi connectivity index (χ0v) is 9.98. The largest absolute Gasteiger partial charge is 1.00 e. The van der Waals surface area contributed by atoms with E-state index >= 15 is 0 Å². The minimum atomic E-state index is -0.376. The van der Waals surface area contributed by atoms with E-state index in [1.807, 2.05) is 27.2 Å². The van der Waals surface area contributed by atoms with E-state index in [9.17, 15) is 10.1 Å². The summed E-state index contributed by atoms with van der Waals surface area (Å²) in [5.41, 5.74) is 1.07. The zero-order chi connectivity index (χ0) is 10.1. The van der Waals surface area contributed by atoms with Crippen molar-refractivity contribution in [3.05, 3.63) is 34.4 Å². The average molecular weight is 261 g/mol. The first-order valence-electron chi connectivity index (χ1n) is 3.98. The molecule has 0 bridgehead atoms. The Morgan fingerprint density at radius 1 is 1.29 bits per heavy atom. The molecular weight excluding hydrogens is 248 g/mol. The van der Waals surface area contributed by atoms with E-state index in [0.29, 0.717) is 4.48 Å². The first kappa shape index (κ1) is 13.1. The average Bonchev–Trinajstić information content (AvgIpc) is 2.03. The predicted molar refractivity (Wildman–Crippen MR) is 52.7 cm³/mol. The summed E-state index contributed by atoms with van der Waals surface area (Å²) in [7, 11) is 5.91. The van der Waals surface area contributed by atoms with Gasteiger partial charge in [0.25, 0.3) is 5.69 Å². The van der Waals surface area contributed by atoms with Crippen LogP contribution in [0.2, 0.25) is 0 Å². The van der Waals surface area contributed by atoms with Gasteiger partial charge in [-0.1, -0.05) is 0 Å². The number of quaternary nitrogens is 1. The third-order valence-electron chi connectivity index (χ3n) is 1.82. The van der Waals surface area contributed by atoms with E-state index in [0.717, 1.165) is 5.69 Å². The van der Waals surface area contributed by atoms with Crippen molar-refractivity contribution in [3.63, 3.8) is 0 Å². The number of halogens is 1. The number of nitro groups is 1. The molecule has 0 spiro atoms. The Morgan fingerprint density at radius 2 is 1.86 bits per heavy atom. The summed E-state index contributed by atoms with van der Waals surface area (Å²) < 4.78 is 0.585. The minimum absolute atomic E-state index is 0. The first-order valence-corrected chi connectivity index (χ1v) is 3.98. The number of hydrogen-bond donors (Lipinski definition) is 0. The number of hydrogen-bond acceptors (Lipinski definition) is 2. The maximum Gasteiger partial charge on any atom is 0.275 e. The fourth-order valence-electron chi connectivity index (χ4n) is 1.02. The molecule has 0 saturated carbocycles. The van der Waals surface area contributed by atoms with Crippen LogP contribution in [0.15, 0.2) is 24.3 Å². The maximum atomic E-state index is 10.5. The fourth-order valence-corrected chi connectivity index (χ4v) is 1.02. The van der Waals surface area contributed by atoms with Gasteiger partial charge in [-0.2, -0.15) is 0 Å². The second kappa shape index (κ2) is 4.52. The molecule has 78 valence electrons. The van der Waals surface area contributed by atoms with Crippen molar-refractivity contribution in [2.24, 2.45) is 0 Å². The van der Waals surface area contributed by atoms with Gasteiger partial charge in [-0.3, -0.25) is 14.6 Å². The van der Waals surface area contributed by atoms with Gasteiger partial charge in [-0.15, -0.1) is 0 Å². The van der Waals surface area contributed by atoms with Crippen LogP contribution in [0.1, 0.15) is 0 Å². The highest BCUT2D eigenvalue weighted by atomic mass is 79.9. The molecule has 0 amide bonds. The highest BCUT2D eigenvalue weighted by molar-refractivity contribution is 5.49. The molecule has 1 aromatic rings. The number of rotatable bonds is 2. The van der Waals surface area contributed by atoms with Crippen LogP contribution in [0.25, 0.3) is 0 Å². The van der Waals surface area contributed by atoms with Crippen LogP contribution in [0.5, 0.6) is 0 Å². The second-order valence-electron chi connectivity index (χ2n) is 3.79. The Morgan fingerprint density at radius 3 is 2.29 bits per heavy atom. The van der Waals surface area contributed by atoms with Crippen molar-refractivity contribution in [2.45, 2.75) is 0 Å². The van der Waals surface area contributed by atoms with Gasteiger partial charge in [-0.05, 0) is 12.1 Å². The van der Waals surface area contributed by atoms with Crippen molar-refractivity contribution in [1.29, 1.82) is 0 Å². The molecule has 0 aliphatic carbocycles. The second-order valence-corrected chi connectivity index (χ2v) is 3.79. The smallest absolute Gasteiger partial charge is 0.275 e. The first-order chi connectivity index (χ1) is 5.91. The monoisotopic (exact) mass is 260 g/mol. The van der Waals surface area contributed by atoms with Crippen molar-refractivity contribution < 1.29 is 21.9 Å². The van der Waals surface area contributed by atoms with Crippen LogP contribution < -0.4 is 21.5 Å². The molecule has 5 heteroatoms. The molecule has 0 unspecified atom stereocenters. The number of benzene rings is 1. The standard InChI is InChI=1S/C9H13N2O2.BrH/c1-11(2,3)9-6-4-5-8(7-9)10(12)13;/h4-7H,1-3H3;1H/q+1;/p-1. The van der Waals surface area contributed by atoms with E-state index in [1.165, 1.54) is 6.07 Å². The molecule has 4 nitrogen and oxygen atoms in total. The lowest BCUT2D eigenvalue weighted by molar-refractivity contribution is -0.384. The topological polar surface area (TPSA) is 43.1 Å². The Kier molecular flexibility index (Phi) is 4.22. The van der Waals surface area contributed by atoms with Gasteiger partial charge in [0.2, 0.25) is 0 Å². The van der Waals surface area contributed by atoms with E-state index in [-0.39, 0.29) is 27.6 Å². The van der Waals surface area contributed by atoms with E-state index in [4.69, 9.17) is 0 Å². The van der Waals surface area contributed by atoms with Gasteiger partial charge in [-0.25, -0.2) is 0 Å². The van der Waals surface area contributed by atoms with Crippen molar-refractivity contribution >= 4 is 11.4 Å². The summed E-state index contributed by atoms with van der Waals surface area (Å²) in [6.45, 7) is 0. The van der Waals surface area contributed by atoms with E-state index in [1.54, 1.807) is 12.1 Å². The zero-order valence-electron chi connectivity index (χ0n) is 8.40. The summed E-state index contributed by atoms with van der Waals surface area (Å²) >= 11 is 0. The third kappa shape index (κ3) is 3.08. The maximum absolute atomic E-state index is 10.5. The predicted octanol–water partition coefficient (Wildman–Crippen LogP) is -1.20. The van der Waals surface area contributed by atoms with E-state index < -0.39 is 0 Å². The summed E-state index contributed by atoms with van der Waals surface area (Å²) in [6, 6.07) is 6.68. The Balaban J connectivity index is 0.00000169. The molecule has 0 aromatic heterocycles. The summed E-state index contributed by atoms with van der Waals surface area (Å²) in [4.78, 5) is 10.1. The highest BCUT2D eigenvalue weighted by Gasteiger charge is 2.15. The molecule has 1 aromatic carbocycles. The van der Waals surface area contributed by atoms with Crippen LogP contribution in [0, 0.1) is 10.1 Å². The number of non-ortho nitro benzene ring substituents is 1. The lowest BCUT2D eigenvalue weighted by Gasteiger charge is -2.22. The molecule has 14 heavy (non-hydrogen) atoms. The summed E-state index contributed by atoms with van der Waals surface area (Å²) in [6.07, 6.45) is 0. The summed E-state index contributed by atoms with van der Waals surface area (Å²) in [5.74, 6) is 0. The van der Waals surface area contributed by atoms with Crippen LogP contribution in [0.3, 0.4) is 0 Å². The SMILES string of the molecule is C[N+](C)(C)c1cccc([N+](=O)[O-])c1.[Br-]. The molecular formula is C9H13BrN2O2. The fraction of sp³-hybridized carbons (Fsp3) is 0.333. The highest BCUT2D eigenvalue weighted by Crippen LogP contribution is 2.22. The van der Waals surface area contributed by atoms with Gasteiger partial charge in [0.05, 0.1) is 32.1 Å². The normalized spacial score (nSPS) is 10.5. The molecule has 0 heterocycles. The van der Waals surface area contributed by atoms with Gasteiger partial charge < -0.3 is 17.0 Å². The molecule has 1 rings (SSSR count). The number of nitro benzene ring substituents is 1. The van der Waals surface area contributed by atoms with Gasteiger partial charge in [0.1, 0.15) is 5.69 Å². The molecule has 0 fully saturated rings. The quantitative estimate of drug-likeness (QED) is 0.381. The minimum Gasteiger partial charge on any atom is -1.00 e. The molecule has 0 atom stereocenters.